The Hall–Kier alpha value is -2.63. The van der Waals surface area contributed by atoms with E-state index in [-0.39, 0.29) is 11.4 Å². The van der Waals surface area contributed by atoms with E-state index in [1.165, 1.54) is 31.4 Å². The van der Waals surface area contributed by atoms with Gasteiger partial charge in [-0.05, 0) is 43.4 Å². The van der Waals surface area contributed by atoms with Gasteiger partial charge in [-0.25, -0.2) is 0 Å². The van der Waals surface area contributed by atoms with Crippen LogP contribution in [0.5, 0.6) is 5.75 Å². The number of nitrogens with zero attached hydrogens (tertiary/aromatic N) is 1. The van der Waals surface area contributed by atoms with Crippen LogP contribution < -0.4 is 26.6 Å². The molecule has 0 bridgehead atoms. The van der Waals surface area contributed by atoms with Crippen LogP contribution >= 0.6 is 0 Å². The minimum Gasteiger partial charge on any atom is -0.494 e. The molecule has 138 valence electrons. The Morgan fingerprint density at radius 2 is 1.96 bits per heavy atom. The second-order valence-corrected chi connectivity index (χ2v) is 6.60. The monoisotopic (exact) mass is 355 g/mol. The summed E-state index contributed by atoms with van der Waals surface area (Å²) in [5.41, 5.74) is 6.92. The quantitative estimate of drug-likeness (QED) is 0.588. The van der Waals surface area contributed by atoms with E-state index in [1.54, 1.807) is 0 Å². The van der Waals surface area contributed by atoms with Crippen LogP contribution in [0.2, 0.25) is 0 Å². The summed E-state index contributed by atoms with van der Waals surface area (Å²) in [6.07, 6.45) is 6.63. The van der Waals surface area contributed by atoms with Crippen LogP contribution in [0.4, 0.5) is 11.4 Å². The molecule has 3 rings (SSSR count). The summed E-state index contributed by atoms with van der Waals surface area (Å²) < 4.78 is 5.81. The van der Waals surface area contributed by atoms with E-state index < -0.39 is 10.9 Å². The second-order valence-electron chi connectivity index (χ2n) is 6.60. The lowest BCUT2D eigenvalue weighted by Crippen LogP contribution is -2.37. The summed E-state index contributed by atoms with van der Waals surface area (Å²) in [4.78, 5) is 27.1. The number of rotatable bonds is 7. The van der Waals surface area contributed by atoms with E-state index in [9.17, 15) is 9.59 Å². The number of nitrogens with two attached hydrogens (primary N) is 1. The lowest BCUT2D eigenvalue weighted by atomic mass is 10.0. The molecule has 0 aromatic heterocycles. The largest absolute Gasteiger partial charge is 0.494 e. The maximum Gasteiger partial charge on any atom is 0.253 e. The number of benzene rings is 1. The van der Waals surface area contributed by atoms with Crippen molar-refractivity contribution in [3.05, 3.63) is 50.3 Å². The predicted octanol–water partition coefficient (Wildman–Crippen LogP) is 2.50. The van der Waals surface area contributed by atoms with Gasteiger partial charge in [0.05, 0.1) is 6.61 Å². The highest BCUT2D eigenvalue weighted by Crippen LogP contribution is 2.19. The van der Waals surface area contributed by atoms with E-state index in [2.05, 4.69) is 11.4 Å². The van der Waals surface area contributed by atoms with Crippen molar-refractivity contribution in [3.63, 3.8) is 0 Å². The van der Waals surface area contributed by atoms with E-state index in [0.29, 0.717) is 19.6 Å². The van der Waals surface area contributed by atoms with Gasteiger partial charge >= 0.3 is 0 Å². The maximum absolute atomic E-state index is 11.3. The summed E-state index contributed by atoms with van der Waals surface area (Å²) in [5.74, 6) is 0.820. The van der Waals surface area contributed by atoms with E-state index in [1.807, 2.05) is 18.2 Å². The maximum atomic E-state index is 11.3. The van der Waals surface area contributed by atoms with Gasteiger partial charge in [0.25, 0.3) is 10.9 Å². The number of anilines is 2. The third-order valence-electron chi connectivity index (χ3n) is 4.63. The number of nitrogen functional groups attached to an aromatic ring is 1. The Bertz CT molecular complexity index is 850. The average molecular weight is 355 g/mol. The van der Waals surface area contributed by atoms with Crippen molar-refractivity contribution in [1.82, 2.24) is 0 Å². The van der Waals surface area contributed by atoms with Gasteiger partial charge in [0.15, 0.2) is 0 Å². The van der Waals surface area contributed by atoms with Gasteiger partial charge in [0.1, 0.15) is 17.1 Å². The molecule has 1 heterocycles. The Balaban J connectivity index is 1.48. The molecule has 0 atom stereocenters. The van der Waals surface area contributed by atoms with Gasteiger partial charge in [0.2, 0.25) is 0 Å². The minimum absolute atomic E-state index is 0.0311. The van der Waals surface area contributed by atoms with Gasteiger partial charge < -0.3 is 15.8 Å². The van der Waals surface area contributed by atoms with Crippen LogP contribution in [0.1, 0.15) is 44.1 Å². The second kappa shape index (κ2) is 8.65. The molecule has 26 heavy (non-hydrogen) atoms. The van der Waals surface area contributed by atoms with Crippen molar-refractivity contribution in [2.24, 2.45) is 4.99 Å². The smallest absolute Gasteiger partial charge is 0.253 e. The molecule has 0 saturated heterocycles. The van der Waals surface area contributed by atoms with Gasteiger partial charge in [-0.1, -0.05) is 25.0 Å². The summed E-state index contributed by atoms with van der Waals surface area (Å²) in [6.45, 7) is 1.95. The van der Waals surface area contributed by atoms with Crippen molar-refractivity contribution in [3.8, 4) is 5.75 Å². The molecule has 6 nitrogen and oxygen atoms in total. The fourth-order valence-electron chi connectivity index (χ4n) is 3.11. The predicted molar refractivity (Wildman–Crippen MR) is 105 cm³/mol. The van der Waals surface area contributed by atoms with Crippen molar-refractivity contribution in [1.29, 1.82) is 0 Å². The Labute approximate surface area is 152 Å². The number of aliphatic imine (C=N–C) groups is 1. The zero-order chi connectivity index (χ0) is 18.4. The Kier molecular flexibility index (Phi) is 6.04. The molecule has 1 aliphatic rings. The molecule has 0 aliphatic carbocycles. The van der Waals surface area contributed by atoms with Crippen LogP contribution in [-0.2, 0) is 0 Å². The fraction of sp³-hybridized carbons (Fsp3) is 0.450. The minimum atomic E-state index is -0.599. The first-order chi connectivity index (χ1) is 12.7. The van der Waals surface area contributed by atoms with Crippen molar-refractivity contribution < 1.29 is 4.74 Å². The molecule has 0 unspecified atom stereocenters. The lowest BCUT2D eigenvalue weighted by molar-refractivity contribution is 0.315. The Morgan fingerprint density at radius 3 is 2.81 bits per heavy atom. The molecule has 3 N–H and O–H groups in total. The summed E-state index contributed by atoms with van der Waals surface area (Å²) in [5, 5.41) is 2.90. The molecule has 0 amide bonds. The number of nitrogens with one attached hydrogen (secondary N) is 1. The highest BCUT2D eigenvalue weighted by Gasteiger charge is 2.16. The summed E-state index contributed by atoms with van der Waals surface area (Å²) in [6, 6.07) is 8.06. The first kappa shape index (κ1) is 18.2. The molecule has 2 aromatic rings. The molecule has 0 saturated carbocycles. The van der Waals surface area contributed by atoms with Crippen molar-refractivity contribution >= 4 is 17.1 Å². The zero-order valence-corrected chi connectivity index (χ0v) is 14.9. The Morgan fingerprint density at radius 1 is 1.12 bits per heavy atom. The van der Waals surface area contributed by atoms with Crippen LogP contribution in [-0.4, -0.2) is 25.4 Å². The van der Waals surface area contributed by atoms with Crippen LogP contribution in [0.3, 0.4) is 0 Å². The lowest BCUT2D eigenvalue weighted by Gasteiger charge is -2.13. The van der Waals surface area contributed by atoms with E-state index >= 15 is 0 Å². The highest BCUT2D eigenvalue weighted by molar-refractivity contribution is 6.00. The van der Waals surface area contributed by atoms with Gasteiger partial charge in [-0.3, -0.25) is 14.6 Å². The van der Waals surface area contributed by atoms with Gasteiger partial charge in [-0.2, -0.15) is 0 Å². The molecule has 0 fully saturated rings. The van der Waals surface area contributed by atoms with Crippen molar-refractivity contribution in [2.75, 3.05) is 30.7 Å². The first-order valence-electron chi connectivity index (χ1n) is 9.26. The highest BCUT2D eigenvalue weighted by atomic mass is 16.5. The van der Waals surface area contributed by atoms with Crippen LogP contribution in [0.25, 0.3) is 0 Å². The van der Waals surface area contributed by atoms with Gasteiger partial charge in [-0.15, -0.1) is 0 Å². The SMILES string of the molecule is Nc1c(NCCCOc2cccc(C3=NCCCCCC3)c2)c(=O)c1=O. The third kappa shape index (κ3) is 4.31. The van der Waals surface area contributed by atoms with Crippen LogP contribution in [0, 0.1) is 0 Å². The standard InChI is InChI=1S/C20H25N3O3/c21-17-18(20(25)19(17)24)23-11-6-12-26-15-8-5-7-14(13-15)16-9-3-1-2-4-10-22-16/h5,7-8,13,23H,1-4,6,9-12,21H2. The molecule has 0 radical (unpaired) electrons. The molecule has 2 aromatic carbocycles. The zero-order valence-electron chi connectivity index (χ0n) is 14.9. The number of ether oxygens (including phenoxy) is 1. The van der Waals surface area contributed by atoms with E-state index in [0.717, 1.165) is 24.3 Å². The first-order valence-corrected chi connectivity index (χ1v) is 9.26. The van der Waals surface area contributed by atoms with Crippen molar-refractivity contribution in [2.45, 2.75) is 38.5 Å². The number of hydrogen-bond donors (Lipinski definition) is 2. The molecule has 6 heteroatoms. The molecular weight excluding hydrogens is 330 g/mol. The van der Waals surface area contributed by atoms with E-state index in [4.69, 9.17) is 15.5 Å². The average Bonchev–Trinajstić information content (AvgIpc) is 2.64. The normalized spacial score (nSPS) is 15.2. The topological polar surface area (TPSA) is 93.8 Å². The summed E-state index contributed by atoms with van der Waals surface area (Å²) >= 11 is 0. The van der Waals surface area contributed by atoms with Gasteiger partial charge in [0, 0.05) is 18.8 Å². The molecular formula is C20H25N3O3. The molecule has 0 spiro atoms. The molecule has 1 aliphatic heterocycles. The third-order valence-corrected chi connectivity index (χ3v) is 4.63. The van der Waals surface area contributed by atoms with Crippen LogP contribution in [0.15, 0.2) is 38.8 Å². The fourth-order valence-corrected chi connectivity index (χ4v) is 3.11. The summed E-state index contributed by atoms with van der Waals surface area (Å²) in [7, 11) is 0. The number of hydrogen-bond acceptors (Lipinski definition) is 6.